The monoisotopic (exact) mass is 283 g/mol. The van der Waals surface area contributed by atoms with E-state index in [-0.39, 0.29) is 6.04 Å². The molecule has 1 atom stereocenters. The fraction of sp³-hybridized carbons (Fsp3) is 0.200. The molecule has 1 N–H and O–H groups in total. The third-order valence-corrected chi connectivity index (χ3v) is 3.57. The van der Waals surface area contributed by atoms with Gasteiger partial charge in [0, 0.05) is 12.4 Å². The van der Waals surface area contributed by atoms with Crippen LogP contribution in [0, 0.1) is 0 Å². The fourth-order valence-corrected chi connectivity index (χ4v) is 2.47. The van der Waals surface area contributed by atoms with Crippen molar-refractivity contribution in [1.82, 2.24) is 9.97 Å². The van der Waals surface area contributed by atoms with Gasteiger partial charge in [-0.1, -0.05) is 0 Å². The molecule has 2 aromatic rings. The van der Waals surface area contributed by atoms with Crippen LogP contribution in [0.3, 0.4) is 0 Å². The highest BCUT2D eigenvalue weighted by molar-refractivity contribution is 9.11. The van der Waals surface area contributed by atoms with E-state index in [9.17, 15) is 0 Å². The zero-order valence-corrected chi connectivity index (χ0v) is 10.5. The standard InChI is InChI=1S/C10H10BrN3S/c1-7(10-13-6-9(11)15-10)14-8-3-2-4-12-5-8/h2-7,14H,1H3. The Labute approximate surface area is 101 Å². The van der Waals surface area contributed by atoms with E-state index in [4.69, 9.17) is 0 Å². The molecule has 2 rings (SSSR count). The van der Waals surface area contributed by atoms with Crippen molar-refractivity contribution in [3.8, 4) is 0 Å². The van der Waals surface area contributed by atoms with E-state index in [2.05, 4.69) is 38.1 Å². The third kappa shape index (κ3) is 2.76. The lowest BCUT2D eigenvalue weighted by molar-refractivity contribution is 0.868. The Kier molecular flexibility index (Phi) is 3.33. The van der Waals surface area contributed by atoms with E-state index in [0.717, 1.165) is 14.5 Å². The minimum atomic E-state index is 0.200. The molecule has 0 radical (unpaired) electrons. The molecule has 0 saturated heterocycles. The minimum absolute atomic E-state index is 0.200. The predicted molar refractivity (Wildman–Crippen MR) is 66.1 cm³/mol. The van der Waals surface area contributed by atoms with Crippen LogP contribution in [0.4, 0.5) is 5.69 Å². The average Bonchev–Trinajstić information content (AvgIpc) is 2.66. The molecule has 0 aliphatic carbocycles. The van der Waals surface area contributed by atoms with Crippen molar-refractivity contribution < 1.29 is 0 Å². The van der Waals surface area contributed by atoms with E-state index in [1.165, 1.54) is 0 Å². The number of hydrogen-bond acceptors (Lipinski definition) is 4. The highest BCUT2D eigenvalue weighted by Crippen LogP contribution is 2.26. The maximum absolute atomic E-state index is 4.30. The second-order valence-corrected chi connectivity index (χ2v) is 5.55. The van der Waals surface area contributed by atoms with Crippen molar-refractivity contribution in [1.29, 1.82) is 0 Å². The van der Waals surface area contributed by atoms with Gasteiger partial charge in [-0.15, -0.1) is 11.3 Å². The maximum atomic E-state index is 4.30. The number of aromatic nitrogens is 2. The first-order valence-electron chi connectivity index (χ1n) is 4.53. The number of rotatable bonds is 3. The Morgan fingerprint density at radius 1 is 1.47 bits per heavy atom. The maximum Gasteiger partial charge on any atom is 0.116 e. The highest BCUT2D eigenvalue weighted by atomic mass is 79.9. The molecule has 3 nitrogen and oxygen atoms in total. The summed E-state index contributed by atoms with van der Waals surface area (Å²) in [7, 11) is 0. The summed E-state index contributed by atoms with van der Waals surface area (Å²) in [5.74, 6) is 0. The lowest BCUT2D eigenvalue weighted by atomic mass is 10.3. The lowest BCUT2D eigenvalue weighted by Gasteiger charge is -2.11. The molecule has 1 unspecified atom stereocenters. The number of halogens is 1. The van der Waals surface area contributed by atoms with E-state index in [1.54, 1.807) is 23.7 Å². The molecule has 2 heterocycles. The van der Waals surface area contributed by atoms with E-state index < -0.39 is 0 Å². The lowest BCUT2D eigenvalue weighted by Crippen LogP contribution is -2.05. The molecule has 0 aromatic carbocycles. The van der Waals surface area contributed by atoms with Crippen LogP contribution in [0.25, 0.3) is 0 Å². The Hall–Kier alpha value is -0.940. The van der Waals surface area contributed by atoms with Crippen LogP contribution in [-0.2, 0) is 0 Å². The topological polar surface area (TPSA) is 37.8 Å². The summed E-state index contributed by atoms with van der Waals surface area (Å²) < 4.78 is 1.05. The second-order valence-electron chi connectivity index (χ2n) is 3.11. The quantitative estimate of drug-likeness (QED) is 0.937. The van der Waals surface area contributed by atoms with Gasteiger partial charge in [0.05, 0.1) is 21.7 Å². The summed E-state index contributed by atoms with van der Waals surface area (Å²) in [4.78, 5) is 8.35. The first-order chi connectivity index (χ1) is 7.25. The van der Waals surface area contributed by atoms with Crippen molar-refractivity contribution in [3.05, 3.63) is 39.5 Å². The number of nitrogens with zero attached hydrogens (tertiary/aromatic N) is 2. The smallest absolute Gasteiger partial charge is 0.116 e. The average molecular weight is 284 g/mol. The summed E-state index contributed by atoms with van der Waals surface area (Å²) in [6.07, 6.45) is 5.39. The molecule has 0 aliphatic rings. The largest absolute Gasteiger partial charge is 0.375 e. The summed E-state index contributed by atoms with van der Waals surface area (Å²) in [6.45, 7) is 2.08. The fourth-order valence-electron chi connectivity index (χ4n) is 1.23. The molecule has 0 bridgehead atoms. The normalized spacial score (nSPS) is 12.4. The van der Waals surface area contributed by atoms with Crippen LogP contribution in [0.5, 0.6) is 0 Å². The molecule has 0 aliphatic heterocycles. The van der Waals surface area contributed by atoms with Crippen LogP contribution in [0.1, 0.15) is 18.0 Å². The Morgan fingerprint density at radius 2 is 2.33 bits per heavy atom. The molecule has 0 saturated carbocycles. The number of thiazole rings is 1. The summed E-state index contributed by atoms with van der Waals surface area (Å²) >= 11 is 5.04. The van der Waals surface area contributed by atoms with Gasteiger partial charge in [-0.2, -0.15) is 0 Å². The zero-order chi connectivity index (χ0) is 10.7. The van der Waals surface area contributed by atoms with Crippen LogP contribution in [0.15, 0.2) is 34.5 Å². The van der Waals surface area contributed by atoms with Gasteiger partial charge in [0.15, 0.2) is 0 Å². The van der Waals surface area contributed by atoms with Gasteiger partial charge in [0.1, 0.15) is 5.01 Å². The minimum Gasteiger partial charge on any atom is -0.375 e. The summed E-state index contributed by atoms with van der Waals surface area (Å²) in [6, 6.07) is 4.10. The van der Waals surface area contributed by atoms with Gasteiger partial charge in [0.2, 0.25) is 0 Å². The van der Waals surface area contributed by atoms with E-state index in [1.807, 2.05) is 18.3 Å². The van der Waals surface area contributed by atoms with Gasteiger partial charge >= 0.3 is 0 Å². The molecule has 78 valence electrons. The van der Waals surface area contributed by atoms with Gasteiger partial charge in [-0.05, 0) is 35.0 Å². The van der Waals surface area contributed by atoms with Gasteiger partial charge in [-0.3, -0.25) is 4.98 Å². The SMILES string of the molecule is CC(Nc1cccnc1)c1ncc(Br)s1. The summed E-state index contributed by atoms with van der Waals surface area (Å²) in [5, 5.41) is 4.40. The zero-order valence-electron chi connectivity index (χ0n) is 8.14. The first kappa shape index (κ1) is 10.6. The Bertz CT molecular complexity index is 429. The van der Waals surface area contributed by atoms with Crippen molar-refractivity contribution in [2.45, 2.75) is 13.0 Å². The van der Waals surface area contributed by atoms with Crippen LogP contribution in [0.2, 0.25) is 0 Å². The predicted octanol–water partition coefficient (Wildman–Crippen LogP) is 3.47. The Morgan fingerprint density at radius 3 is 2.93 bits per heavy atom. The first-order valence-corrected chi connectivity index (χ1v) is 6.14. The number of hydrogen-bond donors (Lipinski definition) is 1. The number of anilines is 1. The van der Waals surface area contributed by atoms with Gasteiger partial charge in [-0.25, -0.2) is 4.98 Å². The molecule has 2 aromatic heterocycles. The molecular formula is C10H10BrN3S. The van der Waals surface area contributed by atoms with Crippen molar-refractivity contribution >= 4 is 33.0 Å². The molecular weight excluding hydrogens is 274 g/mol. The third-order valence-electron chi connectivity index (χ3n) is 1.91. The molecule has 0 fully saturated rings. The summed E-state index contributed by atoms with van der Waals surface area (Å²) in [5.41, 5.74) is 1.01. The van der Waals surface area contributed by atoms with Crippen molar-refractivity contribution in [2.75, 3.05) is 5.32 Å². The molecule has 15 heavy (non-hydrogen) atoms. The highest BCUT2D eigenvalue weighted by Gasteiger charge is 2.09. The van der Waals surface area contributed by atoms with E-state index >= 15 is 0 Å². The van der Waals surface area contributed by atoms with Crippen LogP contribution in [-0.4, -0.2) is 9.97 Å². The van der Waals surface area contributed by atoms with Gasteiger partial charge < -0.3 is 5.32 Å². The number of nitrogens with one attached hydrogen (secondary N) is 1. The molecule has 0 amide bonds. The van der Waals surface area contributed by atoms with E-state index in [0.29, 0.717) is 0 Å². The van der Waals surface area contributed by atoms with Crippen molar-refractivity contribution in [3.63, 3.8) is 0 Å². The number of pyridine rings is 1. The Balaban J connectivity index is 2.07. The van der Waals surface area contributed by atoms with Gasteiger partial charge in [0.25, 0.3) is 0 Å². The van der Waals surface area contributed by atoms with Crippen molar-refractivity contribution in [2.24, 2.45) is 0 Å². The molecule has 0 spiro atoms. The second kappa shape index (κ2) is 4.72. The van der Waals surface area contributed by atoms with Crippen LogP contribution >= 0.6 is 27.3 Å². The molecule has 5 heteroatoms. The van der Waals surface area contributed by atoms with Crippen LogP contribution < -0.4 is 5.32 Å².